The summed E-state index contributed by atoms with van der Waals surface area (Å²) >= 11 is 11.4. The van der Waals surface area contributed by atoms with Crippen molar-refractivity contribution in [1.82, 2.24) is 0 Å². The second-order valence-corrected chi connectivity index (χ2v) is 7.80. The summed E-state index contributed by atoms with van der Waals surface area (Å²) in [5.74, 6) is -5.54. The summed E-state index contributed by atoms with van der Waals surface area (Å²) < 4.78 is 9.07. The van der Waals surface area contributed by atoms with Gasteiger partial charge in [-0.2, -0.15) is 0 Å². The van der Waals surface area contributed by atoms with Crippen LogP contribution < -0.4 is 0 Å². The first-order valence-corrected chi connectivity index (χ1v) is 11.3. The highest BCUT2D eigenvalue weighted by atomic mass is 35.5. The Hall–Kier alpha value is -3.36. The van der Waals surface area contributed by atoms with Crippen LogP contribution >= 0.6 is 23.2 Å². The number of rotatable bonds is 10. The summed E-state index contributed by atoms with van der Waals surface area (Å²) in [4.78, 5) is 68.6. The summed E-state index contributed by atoms with van der Waals surface area (Å²) in [6.45, 7) is 4.78. The van der Waals surface area contributed by atoms with Gasteiger partial charge in [-0.1, -0.05) is 23.2 Å². The van der Waals surface area contributed by atoms with Gasteiger partial charge in [0.05, 0.1) is 25.6 Å². The molecule has 186 valence electrons. The fourth-order valence-corrected chi connectivity index (χ4v) is 2.78. The highest BCUT2D eigenvalue weighted by Gasteiger charge is 2.29. The smallest absolute Gasteiger partial charge is 0.375 e. The van der Waals surface area contributed by atoms with E-state index in [0.29, 0.717) is 21.2 Å². The van der Waals surface area contributed by atoms with Crippen molar-refractivity contribution in [2.24, 2.45) is 5.92 Å². The molecule has 0 aliphatic rings. The summed E-state index contributed by atoms with van der Waals surface area (Å²) in [5.41, 5.74) is 0.677. The molecular weight excluding hydrogens is 499 g/mol. The summed E-state index contributed by atoms with van der Waals surface area (Å²) in [7, 11) is 0. The molecule has 8 nitrogen and oxygen atoms in total. The lowest BCUT2D eigenvalue weighted by atomic mass is 9.95. The van der Waals surface area contributed by atoms with Crippen LogP contribution in [0.1, 0.15) is 47.9 Å². The number of benzene rings is 2. The van der Waals surface area contributed by atoms with Crippen LogP contribution in [0.5, 0.6) is 0 Å². The van der Waals surface area contributed by atoms with E-state index in [0.717, 1.165) is 0 Å². The molecule has 1 unspecified atom stereocenters. The normalized spacial score (nSPS) is 10.8. The minimum absolute atomic E-state index is 0.104. The van der Waals surface area contributed by atoms with Crippen molar-refractivity contribution in [2.75, 3.05) is 13.2 Å². The monoisotopic (exact) mass is 522 g/mol. The van der Waals surface area contributed by atoms with Gasteiger partial charge in [0.2, 0.25) is 5.78 Å². The van der Waals surface area contributed by atoms with E-state index in [4.69, 9.17) is 23.2 Å². The van der Waals surface area contributed by atoms with Crippen LogP contribution in [-0.4, -0.2) is 48.3 Å². The molecule has 0 saturated carbocycles. The van der Waals surface area contributed by atoms with Crippen molar-refractivity contribution in [3.63, 3.8) is 0 Å². The van der Waals surface area contributed by atoms with Crippen LogP contribution in [0.3, 0.4) is 0 Å². The van der Waals surface area contributed by atoms with E-state index in [1.54, 1.807) is 38.1 Å². The number of Topliss-reactive ketones (excluding diaryl/α,β-unsaturated/α-hetero) is 4. The van der Waals surface area contributed by atoms with Gasteiger partial charge in [0, 0.05) is 21.2 Å². The van der Waals surface area contributed by atoms with E-state index in [2.05, 4.69) is 9.47 Å². The topological polar surface area (TPSA) is 121 Å². The molecule has 0 N–H and O–H groups in total. The van der Waals surface area contributed by atoms with E-state index in [9.17, 15) is 28.8 Å². The molecule has 0 aliphatic carbocycles. The van der Waals surface area contributed by atoms with Gasteiger partial charge in [-0.25, -0.2) is 9.59 Å². The van der Waals surface area contributed by atoms with E-state index in [1.165, 1.54) is 31.2 Å². The lowest BCUT2D eigenvalue weighted by molar-refractivity contribution is -0.154. The van der Waals surface area contributed by atoms with Gasteiger partial charge in [0.15, 0.2) is 11.6 Å². The molecule has 0 radical (unpaired) electrons. The lowest BCUT2D eigenvalue weighted by Crippen LogP contribution is -2.29. The molecule has 0 spiro atoms. The largest absolute Gasteiger partial charge is 0.460 e. The van der Waals surface area contributed by atoms with E-state index in [1.807, 2.05) is 0 Å². The van der Waals surface area contributed by atoms with Crippen LogP contribution in [0.15, 0.2) is 48.5 Å². The molecule has 10 heteroatoms. The average molecular weight is 523 g/mol. The molecule has 1 atom stereocenters. The Labute approximate surface area is 212 Å². The molecular formula is C25H24Cl2O8. The zero-order valence-electron chi connectivity index (χ0n) is 19.3. The molecule has 0 aliphatic heterocycles. The number of halogens is 2. The number of hydrogen-bond donors (Lipinski definition) is 0. The molecule has 0 fully saturated rings. The maximum absolute atomic E-state index is 11.9. The molecule has 2 aromatic carbocycles. The molecule has 0 bridgehead atoms. The second-order valence-electron chi connectivity index (χ2n) is 6.93. The van der Waals surface area contributed by atoms with Crippen molar-refractivity contribution >= 4 is 58.3 Å². The third-order valence-electron chi connectivity index (χ3n) is 4.38. The molecule has 0 saturated heterocycles. The zero-order valence-corrected chi connectivity index (χ0v) is 20.9. The highest BCUT2D eigenvalue weighted by molar-refractivity contribution is 6.39. The molecule has 0 aromatic heterocycles. The quantitative estimate of drug-likeness (QED) is 0.195. The number of carbonyl (C=O) groups excluding carboxylic acids is 6. The highest BCUT2D eigenvalue weighted by Crippen LogP contribution is 2.15. The Bertz CT molecular complexity index is 1080. The van der Waals surface area contributed by atoms with Gasteiger partial charge in [-0.15, -0.1) is 0 Å². The first-order chi connectivity index (χ1) is 16.5. The van der Waals surface area contributed by atoms with Crippen molar-refractivity contribution in [2.45, 2.75) is 27.2 Å². The van der Waals surface area contributed by atoms with E-state index in [-0.39, 0.29) is 13.2 Å². The fourth-order valence-electron chi connectivity index (χ4n) is 2.53. The SMILES string of the molecule is CCOC(=O)C(=O)C(C)C(=O)c1ccc(Cl)cc1.CCOC(=O)C(=O)CC(=O)c1ccc(Cl)cc1. The molecule has 2 rings (SSSR count). The summed E-state index contributed by atoms with van der Waals surface area (Å²) in [6.07, 6.45) is -0.486. The van der Waals surface area contributed by atoms with Gasteiger partial charge in [0.1, 0.15) is 0 Å². The van der Waals surface area contributed by atoms with Gasteiger partial charge in [-0.05, 0) is 69.3 Å². The molecule has 2 aromatic rings. The van der Waals surface area contributed by atoms with Crippen molar-refractivity contribution in [3.8, 4) is 0 Å². The molecule has 35 heavy (non-hydrogen) atoms. The number of esters is 2. The number of carbonyl (C=O) groups is 6. The predicted octanol–water partition coefficient (Wildman–Crippen LogP) is 4.34. The summed E-state index contributed by atoms with van der Waals surface area (Å²) in [5, 5.41) is 0.995. The predicted molar refractivity (Wildman–Crippen MR) is 129 cm³/mol. The third-order valence-corrected chi connectivity index (χ3v) is 4.89. The molecule has 0 amide bonds. The zero-order chi connectivity index (χ0) is 26.5. The second kappa shape index (κ2) is 14.8. The van der Waals surface area contributed by atoms with Crippen LogP contribution in [0, 0.1) is 5.92 Å². The van der Waals surface area contributed by atoms with Gasteiger partial charge < -0.3 is 9.47 Å². The van der Waals surface area contributed by atoms with E-state index >= 15 is 0 Å². The van der Waals surface area contributed by atoms with Gasteiger partial charge >= 0.3 is 11.9 Å². The number of ketones is 4. The molecule has 0 heterocycles. The Kier molecular flexibility index (Phi) is 12.6. The third kappa shape index (κ3) is 9.80. The van der Waals surface area contributed by atoms with Crippen LogP contribution in [0.4, 0.5) is 0 Å². The van der Waals surface area contributed by atoms with E-state index < -0.39 is 47.4 Å². The maximum Gasteiger partial charge on any atom is 0.375 e. The van der Waals surface area contributed by atoms with Gasteiger partial charge in [-0.3, -0.25) is 19.2 Å². The number of ether oxygens (including phenoxy) is 2. The number of hydrogen-bond acceptors (Lipinski definition) is 8. The Balaban J connectivity index is 0.000000351. The first kappa shape index (κ1) is 29.7. The minimum atomic E-state index is -1.05. The Morgan fingerprint density at radius 1 is 0.714 bits per heavy atom. The van der Waals surface area contributed by atoms with Crippen LogP contribution in [-0.2, 0) is 28.7 Å². The minimum Gasteiger partial charge on any atom is -0.460 e. The fraction of sp³-hybridized carbons (Fsp3) is 0.280. The first-order valence-electron chi connectivity index (χ1n) is 10.5. The Morgan fingerprint density at radius 2 is 1.14 bits per heavy atom. The van der Waals surface area contributed by atoms with Crippen molar-refractivity contribution in [3.05, 3.63) is 69.7 Å². The Morgan fingerprint density at radius 3 is 1.60 bits per heavy atom. The summed E-state index contributed by atoms with van der Waals surface area (Å²) in [6, 6.07) is 12.2. The average Bonchev–Trinajstić information content (AvgIpc) is 2.84. The lowest BCUT2D eigenvalue weighted by Gasteiger charge is -2.08. The standard InChI is InChI=1S/C13H13ClO4.C12H11ClO4/c1-3-18-13(17)12(16)8(2)11(15)9-4-6-10(14)7-5-9;1-2-17-12(16)11(15)7-10(14)8-3-5-9(13)6-4-8/h4-8H,3H2,1-2H3;3-6H,2,7H2,1H3. The van der Waals surface area contributed by atoms with Crippen molar-refractivity contribution in [1.29, 1.82) is 0 Å². The maximum atomic E-state index is 11.9. The van der Waals surface area contributed by atoms with Crippen molar-refractivity contribution < 1.29 is 38.2 Å². The van der Waals surface area contributed by atoms with Gasteiger partial charge in [0.25, 0.3) is 5.78 Å². The van der Waals surface area contributed by atoms with Crippen LogP contribution in [0.25, 0.3) is 0 Å². The van der Waals surface area contributed by atoms with Crippen LogP contribution in [0.2, 0.25) is 10.0 Å².